The molecule has 1 saturated carbocycles. The van der Waals surface area contributed by atoms with Crippen molar-refractivity contribution in [1.29, 1.82) is 0 Å². The molecule has 0 aromatic heterocycles. The predicted molar refractivity (Wildman–Crippen MR) is 71.7 cm³/mol. The second-order valence-corrected chi connectivity index (χ2v) is 5.29. The number of nitrogens with two attached hydrogens (primary N) is 1. The molecule has 0 unspecified atom stereocenters. The molecule has 0 bridgehead atoms. The summed E-state index contributed by atoms with van der Waals surface area (Å²) in [5.74, 6) is 1.13. The quantitative estimate of drug-likeness (QED) is 0.672. The van der Waals surface area contributed by atoms with Crippen molar-refractivity contribution in [2.24, 2.45) is 11.7 Å². The van der Waals surface area contributed by atoms with Gasteiger partial charge in [-0.1, -0.05) is 19.8 Å². The molecule has 1 aliphatic carbocycles. The summed E-state index contributed by atoms with van der Waals surface area (Å²) in [4.78, 5) is 11.7. The smallest absolute Gasteiger partial charge is 0.220 e. The van der Waals surface area contributed by atoms with Gasteiger partial charge in [-0.2, -0.15) is 0 Å². The van der Waals surface area contributed by atoms with Gasteiger partial charge < -0.3 is 11.1 Å². The maximum absolute atomic E-state index is 11.7. The molecule has 0 atom stereocenters. The SMILES string of the molecule is CCC1CCC(NC(=O)CCCCCN)CC1. The van der Waals surface area contributed by atoms with Crippen molar-refractivity contribution in [2.75, 3.05) is 6.54 Å². The van der Waals surface area contributed by atoms with E-state index in [4.69, 9.17) is 5.73 Å². The Kier molecular flexibility index (Phi) is 7.25. The summed E-state index contributed by atoms with van der Waals surface area (Å²) >= 11 is 0. The number of carbonyl (C=O) groups excluding carboxylic acids is 1. The van der Waals surface area contributed by atoms with Crippen molar-refractivity contribution in [3.8, 4) is 0 Å². The molecule has 1 amide bonds. The lowest BCUT2D eigenvalue weighted by atomic mass is 9.84. The molecule has 3 N–H and O–H groups in total. The summed E-state index contributed by atoms with van der Waals surface area (Å²) in [7, 11) is 0. The van der Waals surface area contributed by atoms with Crippen LogP contribution in [0.4, 0.5) is 0 Å². The zero-order valence-corrected chi connectivity index (χ0v) is 11.2. The molecular weight excluding hydrogens is 212 g/mol. The Balaban J connectivity index is 2.06. The summed E-state index contributed by atoms with van der Waals surface area (Å²) in [6.07, 6.45) is 9.98. The van der Waals surface area contributed by atoms with Crippen LogP contribution in [0, 0.1) is 5.92 Å². The van der Waals surface area contributed by atoms with Gasteiger partial charge in [-0.3, -0.25) is 4.79 Å². The summed E-state index contributed by atoms with van der Waals surface area (Å²) < 4.78 is 0. The molecule has 3 heteroatoms. The van der Waals surface area contributed by atoms with E-state index in [1.807, 2.05) is 0 Å². The first kappa shape index (κ1) is 14.5. The standard InChI is InChI=1S/C14H28N2O/c1-2-12-7-9-13(10-8-12)16-14(17)6-4-3-5-11-15/h12-13H,2-11,15H2,1H3,(H,16,17). The van der Waals surface area contributed by atoms with Crippen LogP contribution in [0.5, 0.6) is 0 Å². The molecule has 17 heavy (non-hydrogen) atoms. The maximum Gasteiger partial charge on any atom is 0.220 e. The van der Waals surface area contributed by atoms with E-state index in [2.05, 4.69) is 12.2 Å². The normalized spacial score (nSPS) is 24.6. The molecular formula is C14H28N2O. The summed E-state index contributed by atoms with van der Waals surface area (Å²) in [5.41, 5.74) is 5.42. The second kappa shape index (κ2) is 8.51. The Morgan fingerprint density at radius 1 is 1.18 bits per heavy atom. The molecule has 0 aliphatic heterocycles. The van der Waals surface area contributed by atoms with Crippen LogP contribution in [0.25, 0.3) is 0 Å². The highest BCUT2D eigenvalue weighted by molar-refractivity contribution is 5.76. The molecule has 0 aromatic rings. The van der Waals surface area contributed by atoms with Crippen molar-refractivity contribution in [2.45, 2.75) is 70.8 Å². The number of rotatable bonds is 7. The lowest BCUT2D eigenvalue weighted by Crippen LogP contribution is -2.37. The van der Waals surface area contributed by atoms with Gasteiger partial charge in [0.15, 0.2) is 0 Å². The highest BCUT2D eigenvalue weighted by Crippen LogP contribution is 2.26. The zero-order chi connectivity index (χ0) is 12.5. The van der Waals surface area contributed by atoms with E-state index < -0.39 is 0 Å². The first-order valence-electron chi connectivity index (χ1n) is 7.25. The van der Waals surface area contributed by atoms with Gasteiger partial charge in [0.2, 0.25) is 5.91 Å². The Morgan fingerprint density at radius 2 is 1.88 bits per heavy atom. The van der Waals surface area contributed by atoms with Crippen LogP contribution < -0.4 is 11.1 Å². The lowest BCUT2D eigenvalue weighted by Gasteiger charge is -2.28. The summed E-state index contributed by atoms with van der Waals surface area (Å²) in [6.45, 7) is 3.00. The first-order valence-corrected chi connectivity index (χ1v) is 7.25. The van der Waals surface area contributed by atoms with E-state index in [-0.39, 0.29) is 5.91 Å². The van der Waals surface area contributed by atoms with E-state index in [0.29, 0.717) is 12.5 Å². The largest absolute Gasteiger partial charge is 0.353 e. The van der Waals surface area contributed by atoms with Crippen molar-refractivity contribution < 1.29 is 4.79 Å². The van der Waals surface area contributed by atoms with Crippen LogP contribution in [-0.4, -0.2) is 18.5 Å². The third-order valence-corrected chi connectivity index (χ3v) is 3.90. The van der Waals surface area contributed by atoms with E-state index >= 15 is 0 Å². The number of hydrogen-bond acceptors (Lipinski definition) is 2. The number of nitrogens with one attached hydrogen (secondary N) is 1. The molecule has 1 fully saturated rings. The number of amides is 1. The van der Waals surface area contributed by atoms with Crippen LogP contribution in [0.2, 0.25) is 0 Å². The number of unbranched alkanes of at least 4 members (excludes halogenated alkanes) is 2. The molecule has 100 valence electrons. The maximum atomic E-state index is 11.7. The van der Waals surface area contributed by atoms with Gasteiger partial charge in [0.25, 0.3) is 0 Å². The molecule has 3 nitrogen and oxygen atoms in total. The van der Waals surface area contributed by atoms with Gasteiger partial charge >= 0.3 is 0 Å². The second-order valence-electron chi connectivity index (χ2n) is 5.29. The van der Waals surface area contributed by atoms with Gasteiger partial charge in [-0.15, -0.1) is 0 Å². The van der Waals surface area contributed by atoms with Crippen LogP contribution in [0.15, 0.2) is 0 Å². The predicted octanol–water partition coefficient (Wildman–Crippen LogP) is 2.59. The van der Waals surface area contributed by atoms with Crippen molar-refractivity contribution >= 4 is 5.91 Å². The monoisotopic (exact) mass is 240 g/mol. The van der Waals surface area contributed by atoms with Crippen LogP contribution >= 0.6 is 0 Å². The highest BCUT2D eigenvalue weighted by atomic mass is 16.1. The average Bonchev–Trinajstić information content (AvgIpc) is 2.36. The Morgan fingerprint density at radius 3 is 2.47 bits per heavy atom. The van der Waals surface area contributed by atoms with Gasteiger partial charge in [-0.25, -0.2) is 0 Å². The minimum absolute atomic E-state index is 0.238. The Hall–Kier alpha value is -0.570. The Labute approximate surface area is 106 Å². The van der Waals surface area contributed by atoms with Gasteiger partial charge in [0.05, 0.1) is 0 Å². The number of hydrogen-bond donors (Lipinski definition) is 2. The van der Waals surface area contributed by atoms with Crippen LogP contribution in [0.1, 0.15) is 64.7 Å². The fourth-order valence-electron chi connectivity index (χ4n) is 2.62. The third kappa shape index (κ3) is 6.06. The fraction of sp³-hybridized carbons (Fsp3) is 0.929. The third-order valence-electron chi connectivity index (χ3n) is 3.90. The van der Waals surface area contributed by atoms with Crippen LogP contribution in [-0.2, 0) is 4.79 Å². The van der Waals surface area contributed by atoms with Crippen molar-refractivity contribution in [1.82, 2.24) is 5.32 Å². The first-order chi connectivity index (χ1) is 8.26. The molecule has 0 aromatic carbocycles. The average molecular weight is 240 g/mol. The van der Waals surface area contributed by atoms with Gasteiger partial charge in [0, 0.05) is 12.5 Å². The van der Waals surface area contributed by atoms with E-state index in [9.17, 15) is 4.79 Å². The van der Waals surface area contributed by atoms with Crippen molar-refractivity contribution in [3.63, 3.8) is 0 Å². The molecule has 0 radical (unpaired) electrons. The van der Waals surface area contributed by atoms with Gasteiger partial charge in [-0.05, 0) is 51.0 Å². The summed E-state index contributed by atoms with van der Waals surface area (Å²) in [5, 5.41) is 3.17. The Bertz CT molecular complexity index is 210. The number of carbonyl (C=O) groups is 1. The molecule has 0 spiro atoms. The minimum Gasteiger partial charge on any atom is -0.353 e. The minimum atomic E-state index is 0.238. The van der Waals surface area contributed by atoms with Crippen molar-refractivity contribution in [3.05, 3.63) is 0 Å². The highest BCUT2D eigenvalue weighted by Gasteiger charge is 2.20. The summed E-state index contributed by atoms with van der Waals surface area (Å²) in [6, 6.07) is 0.444. The topological polar surface area (TPSA) is 55.1 Å². The molecule has 0 heterocycles. The molecule has 0 saturated heterocycles. The van der Waals surface area contributed by atoms with Gasteiger partial charge in [0.1, 0.15) is 0 Å². The lowest BCUT2D eigenvalue weighted by molar-refractivity contribution is -0.122. The van der Waals surface area contributed by atoms with Crippen LogP contribution in [0.3, 0.4) is 0 Å². The van der Waals surface area contributed by atoms with E-state index in [1.165, 1.54) is 32.1 Å². The van der Waals surface area contributed by atoms with E-state index in [1.54, 1.807) is 0 Å². The zero-order valence-electron chi connectivity index (χ0n) is 11.2. The molecule has 1 aliphatic rings. The fourth-order valence-corrected chi connectivity index (χ4v) is 2.62. The van der Waals surface area contributed by atoms with E-state index in [0.717, 1.165) is 31.7 Å². The molecule has 1 rings (SSSR count).